The Kier molecular flexibility index (Phi) is 6.24. The quantitative estimate of drug-likeness (QED) is 0.752. The average Bonchev–Trinajstić information content (AvgIpc) is 2.48. The Labute approximate surface area is 124 Å². The monoisotopic (exact) mass is 303 g/mol. The van der Waals surface area contributed by atoms with Crippen LogP contribution in [0.25, 0.3) is 0 Å². The summed E-state index contributed by atoms with van der Waals surface area (Å²) in [5.74, 6) is 1.18. The van der Waals surface area contributed by atoms with E-state index in [0.29, 0.717) is 11.8 Å². The second-order valence-corrected chi connectivity index (χ2v) is 5.14. The molecule has 1 fully saturated rings. The average molecular weight is 304 g/mol. The molecule has 1 aliphatic heterocycles. The van der Waals surface area contributed by atoms with Crippen LogP contribution in [-0.2, 0) is 9.47 Å². The molecule has 0 radical (unpaired) electrons. The Balaban J connectivity index is 2.03. The van der Waals surface area contributed by atoms with Crippen molar-refractivity contribution in [1.82, 2.24) is 0 Å². The van der Waals surface area contributed by atoms with Gasteiger partial charge in [0.2, 0.25) is 0 Å². The van der Waals surface area contributed by atoms with E-state index in [-0.39, 0.29) is 6.29 Å². The van der Waals surface area contributed by atoms with E-state index in [2.05, 4.69) is 17.0 Å². The minimum Gasteiger partial charge on any atom is -0.369 e. The van der Waals surface area contributed by atoms with Crippen molar-refractivity contribution in [3.05, 3.63) is 29.8 Å². The van der Waals surface area contributed by atoms with Gasteiger partial charge in [0.25, 0.3) is 0 Å². The number of anilines is 1. The topological polar surface area (TPSA) is 21.7 Å². The Morgan fingerprint density at radius 1 is 1.00 bits per heavy atom. The van der Waals surface area contributed by atoms with Crippen molar-refractivity contribution in [1.29, 1.82) is 0 Å². The van der Waals surface area contributed by atoms with E-state index < -0.39 is 0 Å². The number of hydrogen-bond donors (Lipinski definition) is 0. The highest BCUT2D eigenvalue weighted by Crippen LogP contribution is 2.25. The van der Waals surface area contributed by atoms with Crippen LogP contribution in [0, 0.1) is 0 Å². The lowest BCUT2D eigenvalue weighted by molar-refractivity contribution is -0.183. The number of hydrogen-bond acceptors (Lipinski definition) is 3. The summed E-state index contributed by atoms with van der Waals surface area (Å²) >= 11 is 11.6. The Morgan fingerprint density at radius 2 is 1.58 bits per heavy atom. The smallest absolute Gasteiger partial charge is 0.183 e. The third-order valence-corrected chi connectivity index (χ3v) is 3.40. The molecule has 0 saturated carbocycles. The summed E-state index contributed by atoms with van der Waals surface area (Å²) in [6, 6.07) is 8.22. The van der Waals surface area contributed by atoms with Gasteiger partial charge in [-0.3, -0.25) is 0 Å². The maximum atomic E-state index is 5.81. The molecular formula is C14H19Cl2NO2. The molecule has 0 bridgehead atoms. The fourth-order valence-corrected chi connectivity index (χ4v) is 2.50. The maximum absolute atomic E-state index is 5.81. The lowest BCUT2D eigenvalue weighted by atomic mass is 10.1. The van der Waals surface area contributed by atoms with E-state index in [9.17, 15) is 0 Å². The van der Waals surface area contributed by atoms with Crippen LogP contribution in [0.5, 0.6) is 0 Å². The zero-order valence-corrected chi connectivity index (χ0v) is 12.4. The van der Waals surface area contributed by atoms with Crippen LogP contribution in [0.3, 0.4) is 0 Å². The zero-order chi connectivity index (χ0) is 13.5. The van der Waals surface area contributed by atoms with Crippen LogP contribution in [0.2, 0.25) is 0 Å². The third kappa shape index (κ3) is 4.25. The fraction of sp³-hybridized carbons (Fsp3) is 0.571. The van der Waals surface area contributed by atoms with Crippen molar-refractivity contribution < 1.29 is 9.47 Å². The van der Waals surface area contributed by atoms with Gasteiger partial charge in [-0.15, -0.1) is 23.2 Å². The minimum atomic E-state index is -0.225. The first-order chi connectivity index (χ1) is 9.35. The molecular weight excluding hydrogens is 285 g/mol. The van der Waals surface area contributed by atoms with E-state index in [4.69, 9.17) is 32.7 Å². The summed E-state index contributed by atoms with van der Waals surface area (Å²) in [6.07, 6.45) is 0.741. The second kappa shape index (κ2) is 7.95. The molecule has 106 valence electrons. The molecule has 0 aliphatic carbocycles. The molecule has 1 aliphatic rings. The molecule has 19 heavy (non-hydrogen) atoms. The van der Waals surface area contributed by atoms with Crippen molar-refractivity contribution in [2.45, 2.75) is 12.7 Å². The Hall–Kier alpha value is -0.480. The number of ether oxygens (including phenoxy) is 2. The zero-order valence-electron chi connectivity index (χ0n) is 10.9. The van der Waals surface area contributed by atoms with Gasteiger partial charge in [0.1, 0.15) is 0 Å². The van der Waals surface area contributed by atoms with Gasteiger partial charge in [0.15, 0.2) is 6.29 Å². The highest BCUT2D eigenvalue weighted by Gasteiger charge is 2.16. The van der Waals surface area contributed by atoms with Gasteiger partial charge in [-0.05, 0) is 18.6 Å². The van der Waals surface area contributed by atoms with Crippen molar-refractivity contribution in [2.24, 2.45) is 0 Å². The summed E-state index contributed by atoms with van der Waals surface area (Å²) in [5.41, 5.74) is 2.18. The lowest BCUT2D eigenvalue weighted by Gasteiger charge is -2.25. The van der Waals surface area contributed by atoms with Gasteiger partial charge in [-0.2, -0.15) is 0 Å². The number of nitrogens with zero attached hydrogens (tertiary/aromatic N) is 1. The van der Waals surface area contributed by atoms with Crippen LogP contribution < -0.4 is 4.90 Å². The summed E-state index contributed by atoms with van der Waals surface area (Å²) in [6.45, 7) is 3.11. The van der Waals surface area contributed by atoms with Crippen LogP contribution in [-0.4, -0.2) is 38.1 Å². The highest BCUT2D eigenvalue weighted by molar-refractivity contribution is 6.18. The molecule has 0 spiro atoms. The first-order valence-electron chi connectivity index (χ1n) is 6.55. The molecule has 1 heterocycles. The van der Waals surface area contributed by atoms with Gasteiger partial charge in [0, 0.05) is 36.1 Å². The van der Waals surface area contributed by atoms with Crippen LogP contribution in [0.15, 0.2) is 24.3 Å². The standard InChI is InChI=1S/C14H19Cl2NO2/c15-6-8-17(9-7-16)13-4-2-12(3-5-13)14-18-10-1-11-19-14/h2-5,14H,1,6-11H2. The first kappa shape index (κ1) is 14.9. The number of alkyl halides is 2. The molecule has 0 unspecified atom stereocenters. The summed E-state index contributed by atoms with van der Waals surface area (Å²) in [5, 5.41) is 0. The Morgan fingerprint density at radius 3 is 2.11 bits per heavy atom. The van der Waals surface area contributed by atoms with Crippen LogP contribution in [0.4, 0.5) is 5.69 Å². The molecule has 1 aromatic carbocycles. The largest absolute Gasteiger partial charge is 0.369 e. The SMILES string of the molecule is ClCCN(CCCl)c1ccc(C2OCCCO2)cc1. The molecule has 0 atom stereocenters. The molecule has 1 saturated heterocycles. The molecule has 5 heteroatoms. The van der Waals surface area contributed by atoms with Gasteiger partial charge in [-0.25, -0.2) is 0 Å². The van der Waals surface area contributed by atoms with Crippen molar-refractivity contribution in [3.8, 4) is 0 Å². The van der Waals surface area contributed by atoms with Crippen molar-refractivity contribution in [3.63, 3.8) is 0 Å². The predicted octanol–water partition coefficient (Wildman–Crippen LogP) is 3.41. The van der Waals surface area contributed by atoms with Crippen LogP contribution >= 0.6 is 23.2 Å². The van der Waals surface area contributed by atoms with Gasteiger partial charge in [-0.1, -0.05) is 12.1 Å². The maximum Gasteiger partial charge on any atom is 0.183 e. The molecule has 1 aromatic rings. The van der Waals surface area contributed by atoms with Crippen molar-refractivity contribution in [2.75, 3.05) is 43.0 Å². The number of benzene rings is 1. The lowest BCUT2D eigenvalue weighted by Crippen LogP contribution is -2.27. The molecule has 2 rings (SSSR count). The predicted molar refractivity (Wildman–Crippen MR) is 79.4 cm³/mol. The van der Waals surface area contributed by atoms with E-state index in [1.807, 2.05) is 12.1 Å². The molecule has 3 nitrogen and oxygen atoms in total. The van der Waals surface area contributed by atoms with Gasteiger partial charge >= 0.3 is 0 Å². The summed E-state index contributed by atoms with van der Waals surface area (Å²) in [4.78, 5) is 2.17. The molecule has 0 amide bonds. The number of rotatable bonds is 6. The normalized spacial score (nSPS) is 16.5. The Bertz CT molecular complexity index is 360. The third-order valence-electron chi connectivity index (χ3n) is 3.07. The van der Waals surface area contributed by atoms with Gasteiger partial charge in [0.05, 0.1) is 13.2 Å². The minimum absolute atomic E-state index is 0.225. The molecule has 0 aromatic heterocycles. The molecule has 0 N–H and O–H groups in total. The second-order valence-electron chi connectivity index (χ2n) is 4.38. The van der Waals surface area contributed by atoms with E-state index in [1.165, 1.54) is 0 Å². The van der Waals surface area contributed by atoms with E-state index in [0.717, 1.165) is 44.0 Å². The fourth-order valence-electron chi connectivity index (χ4n) is 2.10. The number of halogens is 2. The summed E-state index contributed by atoms with van der Waals surface area (Å²) in [7, 11) is 0. The van der Waals surface area contributed by atoms with E-state index >= 15 is 0 Å². The van der Waals surface area contributed by atoms with Gasteiger partial charge < -0.3 is 14.4 Å². The first-order valence-corrected chi connectivity index (χ1v) is 7.62. The van der Waals surface area contributed by atoms with Crippen LogP contribution in [0.1, 0.15) is 18.3 Å². The summed E-state index contributed by atoms with van der Waals surface area (Å²) < 4.78 is 11.2. The highest BCUT2D eigenvalue weighted by atomic mass is 35.5. The van der Waals surface area contributed by atoms with E-state index in [1.54, 1.807) is 0 Å². The van der Waals surface area contributed by atoms with Crippen molar-refractivity contribution >= 4 is 28.9 Å².